The predicted octanol–water partition coefficient (Wildman–Crippen LogP) is 3.39. The molecule has 3 aromatic heterocycles. The van der Waals surface area contributed by atoms with E-state index in [4.69, 9.17) is 14.5 Å². The van der Waals surface area contributed by atoms with Crippen LogP contribution >= 0.6 is 0 Å². The number of ether oxygens (including phenoxy) is 2. The zero-order valence-electron chi connectivity index (χ0n) is 24.5. The molecule has 0 bridgehead atoms. The number of aryl methyl sites for hydroxylation is 1. The molecule has 5 aromatic rings. The summed E-state index contributed by atoms with van der Waals surface area (Å²) in [6.45, 7) is 0.623. The molecule has 1 aliphatic heterocycles. The van der Waals surface area contributed by atoms with Crippen molar-refractivity contribution in [1.82, 2.24) is 30.0 Å². The van der Waals surface area contributed by atoms with Crippen LogP contribution in [-0.4, -0.2) is 68.2 Å². The van der Waals surface area contributed by atoms with Crippen LogP contribution in [0, 0.1) is 11.8 Å². The summed E-state index contributed by atoms with van der Waals surface area (Å²) in [5.74, 6) is 5.94. The minimum atomic E-state index is -0.727. The number of aromatic nitrogens is 5. The number of hydrogen-bond donors (Lipinski definition) is 3. The van der Waals surface area contributed by atoms with Crippen molar-refractivity contribution >= 4 is 38.7 Å². The topological polar surface area (TPSA) is 144 Å². The number of H-pyrrole nitrogens is 1. The minimum Gasteiger partial charge on any atom is -0.390 e. The van der Waals surface area contributed by atoms with Crippen LogP contribution in [0.15, 0.2) is 59.7 Å². The normalized spacial score (nSPS) is 18.1. The van der Waals surface area contributed by atoms with Crippen LogP contribution in [0.2, 0.25) is 0 Å². The van der Waals surface area contributed by atoms with Gasteiger partial charge in [-0.2, -0.15) is 5.10 Å². The van der Waals surface area contributed by atoms with Crippen molar-refractivity contribution < 1.29 is 19.4 Å². The number of fused-ring (bicyclic) bond motifs is 3. The van der Waals surface area contributed by atoms with E-state index in [-0.39, 0.29) is 35.6 Å². The summed E-state index contributed by atoms with van der Waals surface area (Å²) in [6, 6.07) is 16.4. The highest BCUT2D eigenvalue weighted by molar-refractivity contribution is 5.97. The number of amides is 1. The van der Waals surface area contributed by atoms with Gasteiger partial charge < -0.3 is 24.9 Å². The third-order valence-electron chi connectivity index (χ3n) is 7.86. The van der Waals surface area contributed by atoms with Gasteiger partial charge in [0.05, 0.1) is 30.1 Å². The number of unbranched alkanes of at least 4 members (excludes halogenated alkanes) is 1. The number of para-hydroxylation sites is 2. The lowest BCUT2D eigenvalue weighted by Crippen LogP contribution is -2.25. The average Bonchev–Trinajstić information content (AvgIpc) is 3.59. The van der Waals surface area contributed by atoms with Gasteiger partial charge in [-0.15, -0.1) is 0 Å². The van der Waals surface area contributed by atoms with Gasteiger partial charge in [0.1, 0.15) is 11.5 Å². The third kappa shape index (κ3) is 6.19. The second-order valence-corrected chi connectivity index (χ2v) is 10.8. The number of nitrogens with zero attached hydrogens (tertiary/aromatic N) is 4. The summed E-state index contributed by atoms with van der Waals surface area (Å²) in [4.78, 5) is 36.7. The molecule has 0 radical (unpaired) electrons. The van der Waals surface area contributed by atoms with Crippen molar-refractivity contribution in [2.24, 2.45) is 0 Å². The van der Waals surface area contributed by atoms with Gasteiger partial charge in [-0.3, -0.25) is 9.59 Å². The molecule has 1 unspecified atom stereocenters. The molecular formula is C33H34N6O5. The molecule has 11 nitrogen and oxygen atoms in total. The second-order valence-electron chi connectivity index (χ2n) is 10.8. The molecule has 6 rings (SSSR count). The molecule has 0 spiro atoms. The van der Waals surface area contributed by atoms with E-state index in [1.807, 2.05) is 36.4 Å². The molecule has 3 N–H and O–H groups in total. The largest absolute Gasteiger partial charge is 0.390 e. The van der Waals surface area contributed by atoms with Crippen molar-refractivity contribution in [1.29, 1.82) is 0 Å². The number of methoxy groups -OCH3 is 1. The zero-order chi connectivity index (χ0) is 30.5. The standard InChI is InChI=1S/C33H34N6O5/c1-43-19-28-27(40)18-30(44-28)39-32-31(33(42)36-20-35-32)26(38-39)15-8-9-17-34-29(41)16-7-4-10-21-22-11-2-5-13-24(22)37-25-14-6-3-12-23(21)25/h2-3,5-6,11-14,20,27-28,30,40H,4,7,9-10,16-19H2,1H3,(H,34,41)(H,35,36,42)/t27?,28-,30-/m1/s1. The first-order valence-corrected chi connectivity index (χ1v) is 14.8. The number of pyridine rings is 1. The van der Waals surface area contributed by atoms with E-state index in [0.29, 0.717) is 25.0 Å². The van der Waals surface area contributed by atoms with Gasteiger partial charge in [0.2, 0.25) is 5.91 Å². The van der Waals surface area contributed by atoms with E-state index in [0.717, 1.165) is 41.1 Å². The number of nitrogens with one attached hydrogen (secondary N) is 2. The second kappa shape index (κ2) is 13.3. The van der Waals surface area contributed by atoms with Gasteiger partial charge in [0, 0.05) is 43.7 Å². The fourth-order valence-corrected chi connectivity index (χ4v) is 5.73. The lowest BCUT2D eigenvalue weighted by molar-refractivity contribution is -0.121. The minimum absolute atomic E-state index is 0.0193. The van der Waals surface area contributed by atoms with E-state index >= 15 is 0 Å². The van der Waals surface area contributed by atoms with Crippen LogP contribution < -0.4 is 10.9 Å². The molecule has 1 aliphatic rings. The Bertz CT molecular complexity index is 1870. The van der Waals surface area contributed by atoms with Gasteiger partial charge in [0.25, 0.3) is 5.56 Å². The number of aliphatic hydroxyl groups excluding tert-OH is 1. The first-order valence-electron chi connectivity index (χ1n) is 14.8. The highest BCUT2D eigenvalue weighted by Gasteiger charge is 2.36. The molecule has 1 fully saturated rings. The maximum absolute atomic E-state index is 12.6. The smallest absolute Gasteiger partial charge is 0.263 e. The Morgan fingerprint density at radius 1 is 1.16 bits per heavy atom. The average molecular weight is 595 g/mol. The molecule has 4 heterocycles. The van der Waals surface area contributed by atoms with Crippen LogP contribution in [-0.2, 0) is 20.7 Å². The first-order chi connectivity index (χ1) is 21.5. The van der Waals surface area contributed by atoms with E-state index in [1.165, 1.54) is 23.7 Å². The van der Waals surface area contributed by atoms with Crippen LogP contribution in [0.25, 0.3) is 32.8 Å². The van der Waals surface area contributed by atoms with Crippen molar-refractivity contribution in [3.8, 4) is 11.8 Å². The SMILES string of the molecule is COC[C@H]1O[C@@H](n2nc(C#CCCNC(=O)CCCCc3c4ccccc4nc4ccccc34)c3c(=O)[nH]cnc32)CC1O. The number of aromatic amines is 1. The predicted molar refractivity (Wildman–Crippen MR) is 166 cm³/mol. The molecular weight excluding hydrogens is 560 g/mol. The van der Waals surface area contributed by atoms with Crippen LogP contribution in [0.4, 0.5) is 0 Å². The Kier molecular flexibility index (Phi) is 8.93. The molecule has 2 aromatic carbocycles. The van der Waals surface area contributed by atoms with E-state index in [9.17, 15) is 14.7 Å². The third-order valence-corrected chi connectivity index (χ3v) is 7.86. The maximum Gasteiger partial charge on any atom is 0.263 e. The number of rotatable bonds is 10. The Hall–Kier alpha value is -4.63. The number of hydrogen-bond acceptors (Lipinski definition) is 8. The quantitative estimate of drug-likeness (QED) is 0.127. The molecule has 3 atom stereocenters. The Morgan fingerprint density at radius 2 is 1.91 bits per heavy atom. The zero-order valence-corrected chi connectivity index (χ0v) is 24.5. The van der Waals surface area contributed by atoms with Crippen LogP contribution in [0.1, 0.15) is 49.6 Å². The van der Waals surface area contributed by atoms with Gasteiger partial charge in [0.15, 0.2) is 17.6 Å². The molecule has 44 heavy (non-hydrogen) atoms. The van der Waals surface area contributed by atoms with Gasteiger partial charge in [-0.1, -0.05) is 42.3 Å². The highest BCUT2D eigenvalue weighted by atomic mass is 16.6. The lowest BCUT2D eigenvalue weighted by atomic mass is 9.97. The Labute approximate surface area is 253 Å². The van der Waals surface area contributed by atoms with E-state index in [2.05, 4.69) is 44.4 Å². The molecule has 0 aliphatic carbocycles. The van der Waals surface area contributed by atoms with E-state index < -0.39 is 18.4 Å². The van der Waals surface area contributed by atoms with Gasteiger partial charge >= 0.3 is 0 Å². The first kappa shape index (κ1) is 29.4. The lowest BCUT2D eigenvalue weighted by Gasteiger charge is -2.14. The molecule has 1 amide bonds. The van der Waals surface area contributed by atoms with Crippen LogP contribution in [0.3, 0.4) is 0 Å². The van der Waals surface area contributed by atoms with Crippen LogP contribution in [0.5, 0.6) is 0 Å². The van der Waals surface area contributed by atoms with Crippen molar-refractivity contribution in [3.05, 3.63) is 76.5 Å². The molecule has 226 valence electrons. The summed E-state index contributed by atoms with van der Waals surface area (Å²) in [5, 5.41) is 20.3. The molecule has 11 heteroatoms. The monoisotopic (exact) mass is 594 g/mol. The number of carbonyl (C=O) groups is 1. The van der Waals surface area contributed by atoms with Gasteiger partial charge in [-0.05, 0) is 42.9 Å². The van der Waals surface area contributed by atoms with E-state index in [1.54, 1.807) is 0 Å². The van der Waals surface area contributed by atoms with Gasteiger partial charge in [-0.25, -0.2) is 14.6 Å². The highest BCUT2D eigenvalue weighted by Crippen LogP contribution is 2.31. The fourth-order valence-electron chi connectivity index (χ4n) is 5.73. The molecule has 0 saturated carbocycles. The number of aliphatic hydroxyl groups is 1. The number of benzene rings is 2. The fraction of sp³-hybridized carbons (Fsp3) is 0.364. The summed E-state index contributed by atoms with van der Waals surface area (Å²) < 4.78 is 12.5. The maximum atomic E-state index is 12.6. The summed E-state index contributed by atoms with van der Waals surface area (Å²) >= 11 is 0. The molecule has 1 saturated heterocycles. The number of carbonyl (C=O) groups excluding carboxylic acids is 1. The summed E-state index contributed by atoms with van der Waals surface area (Å²) in [6.07, 6.45) is 3.10. The summed E-state index contributed by atoms with van der Waals surface area (Å²) in [7, 11) is 1.54. The Morgan fingerprint density at radius 3 is 2.66 bits per heavy atom. The summed E-state index contributed by atoms with van der Waals surface area (Å²) in [5.41, 5.74) is 3.48. The van der Waals surface area contributed by atoms with Crippen molar-refractivity contribution in [2.45, 2.75) is 57.0 Å². The Balaban J connectivity index is 1.02. The van der Waals surface area contributed by atoms with Crippen molar-refractivity contribution in [3.63, 3.8) is 0 Å². The van der Waals surface area contributed by atoms with Crippen molar-refractivity contribution in [2.75, 3.05) is 20.3 Å².